The van der Waals surface area contributed by atoms with Crippen LogP contribution in [0, 0.1) is 5.92 Å². The molecule has 1 unspecified atom stereocenters. The highest BCUT2D eigenvalue weighted by molar-refractivity contribution is 7.89. The van der Waals surface area contributed by atoms with Crippen LogP contribution >= 0.6 is 0 Å². The van der Waals surface area contributed by atoms with Gasteiger partial charge >= 0.3 is 0 Å². The van der Waals surface area contributed by atoms with E-state index in [2.05, 4.69) is 12.1 Å². The van der Waals surface area contributed by atoms with Crippen molar-refractivity contribution < 1.29 is 13.2 Å². The molecule has 6 heteroatoms. The van der Waals surface area contributed by atoms with Gasteiger partial charge in [0, 0.05) is 25.6 Å². The molecule has 2 aromatic rings. The van der Waals surface area contributed by atoms with Crippen LogP contribution in [0.15, 0.2) is 53.4 Å². The number of sulfonamides is 1. The van der Waals surface area contributed by atoms with Gasteiger partial charge in [-0.3, -0.25) is 0 Å². The Hall–Kier alpha value is -1.89. The van der Waals surface area contributed by atoms with E-state index in [0.29, 0.717) is 31.0 Å². The van der Waals surface area contributed by atoms with Crippen LogP contribution < -0.4 is 10.5 Å². The lowest BCUT2D eigenvalue weighted by atomic mass is 10.0. The van der Waals surface area contributed by atoms with Gasteiger partial charge < -0.3 is 10.5 Å². The average molecular weight is 403 g/mol. The van der Waals surface area contributed by atoms with Crippen LogP contribution in [0.2, 0.25) is 0 Å². The van der Waals surface area contributed by atoms with E-state index in [4.69, 9.17) is 10.5 Å². The zero-order chi connectivity index (χ0) is 20.1. The Morgan fingerprint density at radius 2 is 1.89 bits per heavy atom. The third-order valence-electron chi connectivity index (χ3n) is 4.96. The van der Waals surface area contributed by atoms with Gasteiger partial charge in [-0.05, 0) is 48.1 Å². The summed E-state index contributed by atoms with van der Waals surface area (Å²) in [6.07, 6.45) is 2.12. The molecule has 1 aliphatic rings. The van der Waals surface area contributed by atoms with E-state index in [1.165, 1.54) is 5.56 Å². The minimum absolute atomic E-state index is 0.0827. The van der Waals surface area contributed by atoms with Gasteiger partial charge in [0.1, 0.15) is 5.75 Å². The molecule has 0 amide bonds. The van der Waals surface area contributed by atoms with Gasteiger partial charge in [-0.15, -0.1) is 0 Å². The molecular formula is C22H30N2O3S. The van der Waals surface area contributed by atoms with Gasteiger partial charge in [0.15, 0.2) is 0 Å². The van der Waals surface area contributed by atoms with E-state index in [9.17, 15) is 8.42 Å². The Morgan fingerprint density at radius 1 is 1.14 bits per heavy atom. The molecule has 3 rings (SSSR count). The minimum atomic E-state index is -3.56. The second kappa shape index (κ2) is 9.07. The third kappa shape index (κ3) is 5.13. The van der Waals surface area contributed by atoms with Crippen LogP contribution in [0.5, 0.6) is 5.75 Å². The number of fused-ring (bicyclic) bond motifs is 1. The molecule has 2 aromatic carbocycles. The molecule has 0 spiro atoms. The molecule has 152 valence electrons. The van der Waals surface area contributed by atoms with Crippen molar-refractivity contribution in [2.24, 2.45) is 11.7 Å². The molecule has 0 aliphatic carbocycles. The standard InChI is InChI=1S/C22H30N2O3S/c1-17(2)16-24(12-10-20(23)14-18-6-4-3-5-7-18)28(25,26)21-8-9-22-19(15-21)11-13-27-22/h3-9,15,17,20H,10-14,16,23H2,1-2H3. The van der Waals surface area contributed by atoms with Crippen molar-refractivity contribution in [1.82, 2.24) is 4.31 Å². The molecule has 5 nitrogen and oxygen atoms in total. The van der Waals surface area contributed by atoms with Crippen LogP contribution in [0.1, 0.15) is 31.4 Å². The average Bonchev–Trinajstić information content (AvgIpc) is 3.13. The summed E-state index contributed by atoms with van der Waals surface area (Å²) in [5.41, 5.74) is 8.44. The van der Waals surface area contributed by atoms with Crippen molar-refractivity contribution in [3.63, 3.8) is 0 Å². The van der Waals surface area contributed by atoms with Crippen molar-refractivity contribution in [3.05, 3.63) is 59.7 Å². The molecule has 0 radical (unpaired) electrons. The predicted molar refractivity (Wildman–Crippen MR) is 112 cm³/mol. The molecule has 0 bridgehead atoms. The highest BCUT2D eigenvalue weighted by Gasteiger charge is 2.27. The lowest BCUT2D eigenvalue weighted by molar-refractivity contribution is 0.351. The zero-order valence-electron chi connectivity index (χ0n) is 16.7. The lowest BCUT2D eigenvalue weighted by Gasteiger charge is -2.25. The normalized spacial score (nSPS) is 14.9. The number of hydrogen-bond acceptors (Lipinski definition) is 4. The lowest BCUT2D eigenvalue weighted by Crippen LogP contribution is -2.38. The first-order chi connectivity index (χ1) is 13.4. The van der Waals surface area contributed by atoms with Crippen molar-refractivity contribution >= 4 is 10.0 Å². The highest BCUT2D eigenvalue weighted by Crippen LogP contribution is 2.29. The van der Waals surface area contributed by atoms with E-state index in [0.717, 1.165) is 24.2 Å². The summed E-state index contributed by atoms with van der Waals surface area (Å²) < 4.78 is 33.7. The van der Waals surface area contributed by atoms with E-state index in [-0.39, 0.29) is 12.0 Å². The fourth-order valence-electron chi connectivity index (χ4n) is 3.52. The fourth-order valence-corrected chi connectivity index (χ4v) is 5.19. The van der Waals surface area contributed by atoms with Crippen LogP contribution in [-0.2, 0) is 22.9 Å². The van der Waals surface area contributed by atoms with Gasteiger partial charge in [-0.25, -0.2) is 8.42 Å². The largest absolute Gasteiger partial charge is 0.493 e. The van der Waals surface area contributed by atoms with Gasteiger partial charge in [0.2, 0.25) is 10.0 Å². The Bertz CT molecular complexity index is 882. The van der Waals surface area contributed by atoms with Crippen LogP contribution in [-0.4, -0.2) is 38.5 Å². The Kier molecular flexibility index (Phi) is 6.75. The summed E-state index contributed by atoms with van der Waals surface area (Å²) in [6.45, 7) is 5.57. The Balaban J connectivity index is 1.71. The molecule has 0 fully saturated rings. The van der Waals surface area contributed by atoms with Crippen LogP contribution in [0.25, 0.3) is 0 Å². The maximum atomic E-state index is 13.3. The number of hydrogen-bond donors (Lipinski definition) is 1. The molecular weight excluding hydrogens is 372 g/mol. The zero-order valence-corrected chi connectivity index (χ0v) is 17.5. The molecule has 0 aromatic heterocycles. The second-order valence-corrected chi connectivity index (χ2v) is 9.80. The van der Waals surface area contributed by atoms with E-state index < -0.39 is 10.0 Å². The quantitative estimate of drug-likeness (QED) is 0.699. The van der Waals surface area contributed by atoms with Crippen molar-refractivity contribution in [1.29, 1.82) is 0 Å². The third-order valence-corrected chi connectivity index (χ3v) is 6.82. The molecule has 2 N–H and O–H groups in total. The molecule has 28 heavy (non-hydrogen) atoms. The first-order valence-corrected chi connectivity index (χ1v) is 11.4. The van der Waals surface area contributed by atoms with E-state index in [1.807, 2.05) is 32.0 Å². The topological polar surface area (TPSA) is 72.6 Å². The first kappa shape index (κ1) is 20.8. The summed E-state index contributed by atoms with van der Waals surface area (Å²) in [7, 11) is -3.56. The molecule has 0 saturated heterocycles. The molecule has 0 saturated carbocycles. The summed E-state index contributed by atoms with van der Waals surface area (Å²) in [4.78, 5) is 0.342. The molecule has 1 heterocycles. The van der Waals surface area contributed by atoms with Crippen LogP contribution in [0.4, 0.5) is 0 Å². The second-order valence-electron chi connectivity index (χ2n) is 7.86. The van der Waals surface area contributed by atoms with Crippen LogP contribution in [0.3, 0.4) is 0 Å². The fraction of sp³-hybridized carbons (Fsp3) is 0.455. The highest BCUT2D eigenvalue weighted by atomic mass is 32.2. The number of nitrogens with two attached hydrogens (primary N) is 1. The maximum absolute atomic E-state index is 13.3. The van der Waals surface area contributed by atoms with Crippen molar-refractivity contribution in [3.8, 4) is 5.75 Å². The van der Waals surface area contributed by atoms with Crippen molar-refractivity contribution in [2.45, 2.75) is 44.0 Å². The van der Waals surface area contributed by atoms with Gasteiger partial charge in [0.25, 0.3) is 0 Å². The van der Waals surface area contributed by atoms with Gasteiger partial charge in [-0.2, -0.15) is 4.31 Å². The first-order valence-electron chi connectivity index (χ1n) is 9.91. The summed E-state index contributed by atoms with van der Waals surface area (Å²) in [6, 6.07) is 15.2. The van der Waals surface area contributed by atoms with E-state index in [1.54, 1.807) is 22.5 Å². The number of ether oxygens (including phenoxy) is 1. The smallest absolute Gasteiger partial charge is 0.243 e. The number of benzene rings is 2. The molecule has 1 atom stereocenters. The SMILES string of the molecule is CC(C)CN(CCC(N)Cc1ccccc1)S(=O)(=O)c1ccc2c(c1)CCO2. The van der Waals surface area contributed by atoms with E-state index >= 15 is 0 Å². The number of nitrogens with zero attached hydrogens (tertiary/aromatic N) is 1. The summed E-state index contributed by atoms with van der Waals surface area (Å²) in [5, 5.41) is 0. The predicted octanol–water partition coefficient (Wildman–Crippen LogP) is 3.23. The minimum Gasteiger partial charge on any atom is -0.493 e. The monoisotopic (exact) mass is 402 g/mol. The summed E-state index contributed by atoms with van der Waals surface area (Å²) >= 11 is 0. The Labute approximate surface area is 168 Å². The number of rotatable bonds is 9. The summed E-state index contributed by atoms with van der Waals surface area (Å²) in [5.74, 6) is 1.03. The molecule has 1 aliphatic heterocycles. The van der Waals surface area contributed by atoms with Gasteiger partial charge in [0.05, 0.1) is 11.5 Å². The van der Waals surface area contributed by atoms with Crippen molar-refractivity contribution in [2.75, 3.05) is 19.7 Å². The maximum Gasteiger partial charge on any atom is 0.243 e. The van der Waals surface area contributed by atoms with Gasteiger partial charge in [-0.1, -0.05) is 44.2 Å². The Morgan fingerprint density at radius 3 is 2.61 bits per heavy atom.